The van der Waals surface area contributed by atoms with Crippen LogP contribution in [0.5, 0.6) is 0 Å². The topological polar surface area (TPSA) is 93.2 Å². The fourth-order valence-electron chi connectivity index (χ4n) is 4.40. The van der Waals surface area contributed by atoms with Crippen molar-refractivity contribution in [2.75, 3.05) is 11.9 Å². The van der Waals surface area contributed by atoms with Gasteiger partial charge in [-0.15, -0.1) is 12.4 Å². The fourth-order valence-corrected chi connectivity index (χ4v) is 4.40. The minimum atomic E-state index is -4.74. The zero-order valence-corrected chi connectivity index (χ0v) is 21.3. The number of hydrogen-bond acceptors (Lipinski definition) is 4. The van der Waals surface area contributed by atoms with Crippen LogP contribution in [0.2, 0.25) is 0 Å². The summed E-state index contributed by atoms with van der Waals surface area (Å²) in [7, 11) is 0. The Labute approximate surface area is 225 Å². The zero-order chi connectivity index (χ0) is 27.8. The molecule has 3 aromatic rings. The van der Waals surface area contributed by atoms with Crippen LogP contribution in [0.4, 0.5) is 32.0 Å². The van der Waals surface area contributed by atoms with E-state index >= 15 is 0 Å². The largest absolute Gasteiger partial charge is 0.449 e. The number of hydrogen-bond donors (Lipinski definition) is 2. The van der Waals surface area contributed by atoms with Crippen molar-refractivity contribution in [1.29, 1.82) is 0 Å². The number of nitrogens with zero attached hydrogens (tertiary/aromatic N) is 3. The van der Waals surface area contributed by atoms with Crippen LogP contribution < -0.4 is 11.1 Å². The molecule has 210 valence electrons. The molecule has 2 heterocycles. The maximum atomic E-state index is 14.0. The number of anilines is 1. The van der Waals surface area contributed by atoms with Crippen LogP contribution in [-0.2, 0) is 35.3 Å². The van der Waals surface area contributed by atoms with E-state index < -0.39 is 41.4 Å². The van der Waals surface area contributed by atoms with E-state index in [0.717, 1.165) is 4.57 Å². The van der Waals surface area contributed by atoms with Gasteiger partial charge in [-0.25, -0.2) is 18.2 Å². The highest BCUT2D eigenvalue weighted by Crippen LogP contribution is 2.36. The van der Waals surface area contributed by atoms with Gasteiger partial charge < -0.3 is 20.5 Å². The van der Waals surface area contributed by atoms with Crippen molar-refractivity contribution < 1.29 is 35.9 Å². The molecule has 1 aliphatic rings. The Morgan fingerprint density at radius 1 is 1.08 bits per heavy atom. The third-order valence-electron chi connectivity index (χ3n) is 6.08. The Hall–Kier alpha value is -3.58. The first kappa shape index (κ1) is 30.0. The second-order valence-electron chi connectivity index (χ2n) is 8.98. The van der Waals surface area contributed by atoms with E-state index in [2.05, 4.69) is 10.3 Å². The lowest BCUT2D eigenvalue weighted by atomic mass is 10.0. The van der Waals surface area contributed by atoms with Crippen LogP contribution in [0.25, 0.3) is 11.3 Å². The average molecular weight is 576 g/mol. The maximum absolute atomic E-state index is 14.0. The Morgan fingerprint density at radius 3 is 2.44 bits per heavy atom. The minimum absolute atomic E-state index is 0. The second-order valence-corrected chi connectivity index (χ2v) is 8.98. The first-order valence-corrected chi connectivity index (χ1v) is 11.5. The number of imidazole rings is 1. The van der Waals surface area contributed by atoms with Gasteiger partial charge in [0.2, 0.25) is 17.6 Å². The Kier molecular flexibility index (Phi) is 8.96. The molecular formula is C25H24ClF6N5O2. The van der Waals surface area contributed by atoms with Gasteiger partial charge in [-0.3, -0.25) is 9.59 Å². The molecule has 7 nitrogen and oxygen atoms in total. The SMILES string of the molecule is CC(=O)Nc1cccc(-c2nc(C(F)(F)F)n3c2CN(C(=O)C[C@H](N)Cc2cc(F)c(F)cc2F)CC3)c1.Cl. The number of nitrogens with two attached hydrogens (primary N) is 1. The molecule has 0 spiro atoms. The summed E-state index contributed by atoms with van der Waals surface area (Å²) in [6.07, 6.45) is -5.29. The number of carbonyl (C=O) groups is 2. The molecule has 1 aliphatic heterocycles. The lowest BCUT2D eigenvalue weighted by Crippen LogP contribution is -2.42. The molecule has 0 aliphatic carbocycles. The lowest BCUT2D eigenvalue weighted by Gasteiger charge is -2.30. The normalized spacial score (nSPS) is 13.9. The predicted octanol–water partition coefficient (Wildman–Crippen LogP) is 4.67. The summed E-state index contributed by atoms with van der Waals surface area (Å²) in [6.45, 7) is 0.861. The molecule has 1 atom stereocenters. The van der Waals surface area contributed by atoms with Gasteiger partial charge in [-0.2, -0.15) is 13.2 Å². The fraction of sp³-hybridized carbons (Fsp3) is 0.320. The Balaban J connectivity index is 0.00000420. The molecule has 0 fully saturated rings. The first-order valence-electron chi connectivity index (χ1n) is 11.5. The van der Waals surface area contributed by atoms with Crippen LogP contribution in [0.3, 0.4) is 0 Å². The van der Waals surface area contributed by atoms with Crippen LogP contribution in [0.1, 0.15) is 30.4 Å². The van der Waals surface area contributed by atoms with Gasteiger partial charge in [-0.05, 0) is 30.2 Å². The Morgan fingerprint density at radius 2 is 1.77 bits per heavy atom. The summed E-state index contributed by atoms with van der Waals surface area (Å²) < 4.78 is 82.9. The predicted molar refractivity (Wildman–Crippen MR) is 132 cm³/mol. The van der Waals surface area contributed by atoms with Gasteiger partial charge in [0.25, 0.3) is 0 Å². The Bertz CT molecular complexity index is 1390. The third-order valence-corrected chi connectivity index (χ3v) is 6.08. The van der Waals surface area contributed by atoms with E-state index in [1.165, 1.54) is 17.9 Å². The van der Waals surface area contributed by atoms with Crippen molar-refractivity contribution in [2.45, 2.75) is 45.1 Å². The maximum Gasteiger partial charge on any atom is 0.449 e. The van der Waals surface area contributed by atoms with E-state index in [4.69, 9.17) is 5.73 Å². The first-order chi connectivity index (χ1) is 17.8. The molecule has 1 aromatic heterocycles. The van der Waals surface area contributed by atoms with E-state index in [1.807, 2.05) is 0 Å². The number of rotatable bonds is 6. The highest BCUT2D eigenvalue weighted by Gasteiger charge is 2.41. The molecule has 0 unspecified atom stereocenters. The van der Waals surface area contributed by atoms with Gasteiger partial charge >= 0.3 is 6.18 Å². The molecule has 2 amide bonds. The molecule has 39 heavy (non-hydrogen) atoms. The highest BCUT2D eigenvalue weighted by atomic mass is 35.5. The molecule has 0 radical (unpaired) electrons. The van der Waals surface area contributed by atoms with Crippen molar-refractivity contribution in [2.24, 2.45) is 5.73 Å². The summed E-state index contributed by atoms with van der Waals surface area (Å²) in [5, 5.41) is 2.57. The van der Waals surface area contributed by atoms with Crippen molar-refractivity contribution in [3.63, 3.8) is 0 Å². The van der Waals surface area contributed by atoms with Crippen molar-refractivity contribution in [1.82, 2.24) is 14.5 Å². The van der Waals surface area contributed by atoms with Crippen LogP contribution in [-0.4, -0.2) is 38.9 Å². The van der Waals surface area contributed by atoms with E-state index in [9.17, 15) is 35.9 Å². The smallest absolute Gasteiger partial charge is 0.335 e. The van der Waals surface area contributed by atoms with Crippen molar-refractivity contribution in [3.05, 3.63) is 70.9 Å². The molecule has 2 aromatic carbocycles. The molecule has 3 N–H and O–H groups in total. The van der Waals surface area contributed by atoms with Crippen LogP contribution in [0.15, 0.2) is 36.4 Å². The standard InChI is InChI=1S/C25H23F6N5O2.ClH/c1-13(37)33-17-4-2-3-14(8-17)23-21-12-35(5-6-36(21)24(34-23)25(29,30)31)22(38)10-16(32)7-15-9-19(27)20(28)11-18(15)26;/h2-4,8-9,11,16H,5-7,10,12,32H2,1H3,(H,33,37);1H/t16-;/m1./s1. The third kappa shape index (κ3) is 6.71. The van der Waals surface area contributed by atoms with Gasteiger partial charge in [0.1, 0.15) is 5.82 Å². The zero-order valence-electron chi connectivity index (χ0n) is 20.5. The van der Waals surface area contributed by atoms with Crippen LogP contribution >= 0.6 is 12.4 Å². The molecule has 0 bridgehead atoms. The van der Waals surface area contributed by atoms with Crippen LogP contribution in [0, 0.1) is 17.5 Å². The number of nitrogens with one attached hydrogen (secondary N) is 1. The number of fused-ring (bicyclic) bond motifs is 1. The molecule has 4 rings (SSSR count). The van der Waals surface area contributed by atoms with E-state index in [1.54, 1.807) is 18.2 Å². The van der Waals surface area contributed by atoms with E-state index in [0.29, 0.717) is 23.4 Å². The summed E-state index contributed by atoms with van der Waals surface area (Å²) in [4.78, 5) is 29.5. The quantitative estimate of drug-likeness (QED) is 0.330. The number of carbonyl (C=O) groups excluding carboxylic acids is 2. The summed E-state index contributed by atoms with van der Waals surface area (Å²) in [5.74, 6) is -5.57. The van der Waals surface area contributed by atoms with Crippen molar-refractivity contribution >= 4 is 29.9 Å². The molecule has 14 heteroatoms. The number of benzene rings is 2. The highest BCUT2D eigenvalue weighted by molar-refractivity contribution is 5.89. The second kappa shape index (κ2) is 11.7. The minimum Gasteiger partial charge on any atom is -0.335 e. The summed E-state index contributed by atoms with van der Waals surface area (Å²) in [5.41, 5.74) is 6.62. The summed E-state index contributed by atoms with van der Waals surface area (Å²) in [6, 6.07) is 6.28. The number of amides is 2. The number of aromatic nitrogens is 2. The number of alkyl halides is 3. The van der Waals surface area contributed by atoms with Gasteiger partial charge in [0, 0.05) is 49.8 Å². The molecular weight excluding hydrogens is 552 g/mol. The average Bonchev–Trinajstić information content (AvgIpc) is 3.22. The monoisotopic (exact) mass is 575 g/mol. The van der Waals surface area contributed by atoms with E-state index in [-0.39, 0.29) is 67.7 Å². The molecule has 0 saturated carbocycles. The number of halogens is 7. The molecule has 0 saturated heterocycles. The van der Waals surface area contributed by atoms with Gasteiger partial charge in [0.15, 0.2) is 11.6 Å². The van der Waals surface area contributed by atoms with Gasteiger partial charge in [-0.1, -0.05) is 12.1 Å². The van der Waals surface area contributed by atoms with Crippen molar-refractivity contribution in [3.8, 4) is 11.3 Å². The summed E-state index contributed by atoms with van der Waals surface area (Å²) >= 11 is 0. The lowest BCUT2D eigenvalue weighted by molar-refractivity contribution is -0.148. The van der Waals surface area contributed by atoms with Gasteiger partial charge in [0.05, 0.1) is 17.9 Å².